The third-order valence-corrected chi connectivity index (χ3v) is 6.18. The Balaban J connectivity index is 1.55. The lowest BCUT2D eigenvalue weighted by atomic mass is 9.93. The first-order valence-corrected chi connectivity index (χ1v) is 11.1. The first-order chi connectivity index (χ1) is 16.4. The molecule has 1 N–H and O–H groups in total. The van der Waals surface area contributed by atoms with Crippen LogP contribution in [0.4, 0.5) is 5.69 Å². The van der Waals surface area contributed by atoms with Crippen LogP contribution in [-0.4, -0.2) is 43.9 Å². The van der Waals surface area contributed by atoms with Crippen LogP contribution in [0.3, 0.4) is 0 Å². The van der Waals surface area contributed by atoms with Crippen LogP contribution in [0.25, 0.3) is 11.1 Å². The highest BCUT2D eigenvalue weighted by atomic mass is 16.5. The third kappa shape index (κ3) is 4.62. The maximum atomic E-state index is 11.7. The highest BCUT2D eigenvalue weighted by Crippen LogP contribution is 2.38. The summed E-state index contributed by atoms with van der Waals surface area (Å²) >= 11 is 0. The Morgan fingerprint density at radius 3 is 2.71 bits per heavy atom. The molecule has 8 heteroatoms. The molecular weight excluding hydrogens is 434 g/mol. The van der Waals surface area contributed by atoms with Crippen molar-refractivity contribution in [2.45, 2.75) is 32.7 Å². The second-order valence-electron chi connectivity index (χ2n) is 8.22. The van der Waals surface area contributed by atoms with Gasteiger partial charge < -0.3 is 24.3 Å². The van der Waals surface area contributed by atoms with Crippen LogP contribution < -0.4 is 19.5 Å². The molecule has 1 atom stereocenters. The molecule has 0 saturated carbocycles. The van der Waals surface area contributed by atoms with Crippen molar-refractivity contribution in [3.05, 3.63) is 58.8 Å². The first kappa shape index (κ1) is 23.4. The smallest absolute Gasteiger partial charge is 0.319 e. The van der Waals surface area contributed by atoms with Crippen molar-refractivity contribution >= 4 is 11.7 Å². The molecule has 1 aromatic heterocycles. The van der Waals surface area contributed by atoms with E-state index in [1.54, 1.807) is 13.3 Å². The molecule has 0 fully saturated rings. The number of hydrogen-bond acceptors (Lipinski definition) is 8. The van der Waals surface area contributed by atoms with Crippen molar-refractivity contribution < 1.29 is 23.7 Å². The minimum Gasteiger partial charge on any atom is -0.493 e. The van der Waals surface area contributed by atoms with E-state index in [9.17, 15) is 4.79 Å². The van der Waals surface area contributed by atoms with Crippen molar-refractivity contribution in [1.29, 1.82) is 0 Å². The number of aryl methyl sites for hydroxylation is 1. The monoisotopic (exact) mass is 463 g/mol. The Hall–Kier alpha value is -3.81. The van der Waals surface area contributed by atoms with E-state index in [0.717, 1.165) is 44.8 Å². The summed E-state index contributed by atoms with van der Waals surface area (Å²) in [7, 11) is 4.52. The van der Waals surface area contributed by atoms with E-state index in [-0.39, 0.29) is 17.9 Å². The van der Waals surface area contributed by atoms with Gasteiger partial charge in [-0.1, -0.05) is 18.2 Å². The molecule has 2 heterocycles. The van der Waals surface area contributed by atoms with Crippen molar-refractivity contribution in [3.63, 3.8) is 0 Å². The summed E-state index contributed by atoms with van der Waals surface area (Å²) in [5.41, 5.74) is 7.22. The zero-order valence-corrected chi connectivity index (χ0v) is 20.1. The molecule has 0 aliphatic carbocycles. The molecule has 4 rings (SSSR count). The molecule has 178 valence electrons. The number of rotatable bonds is 8. The second kappa shape index (κ2) is 9.99. The van der Waals surface area contributed by atoms with E-state index in [1.165, 1.54) is 14.2 Å². The van der Waals surface area contributed by atoms with Crippen LogP contribution in [0.1, 0.15) is 34.6 Å². The molecule has 1 unspecified atom stereocenters. The van der Waals surface area contributed by atoms with Gasteiger partial charge >= 0.3 is 12.0 Å². The number of benzene rings is 2. The normalized spacial score (nSPS) is 14.2. The number of anilines is 1. The van der Waals surface area contributed by atoms with Gasteiger partial charge in [0.2, 0.25) is 5.88 Å². The average molecular weight is 464 g/mol. The van der Waals surface area contributed by atoms with Crippen molar-refractivity contribution in [2.75, 3.05) is 33.3 Å². The van der Waals surface area contributed by atoms with E-state index in [4.69, 9.17) is 18.9 Å². The van der Waals surface area contributed by atoms with Gasteiger partial charge in [0, 0.05) is 36.0 Å². The number of hydrogen-bond donors (Lipinski definition) is 1. The largest absolute Gasteiger partial charge is 0.493 e. The minimum absolute atomic E-state index is 0.0279. The van der Waals surface area contributed by atoms with Crippen LogP contribution >= 0.6 is 0 Å². The fourth-order valence-electron chi connectivity index (χ4n) is 4.31. The van der Waals surface area contributed by atoms with Gasteiger partial charge in [-0.15, -0.1) is 0 Å². The topological polar surface area (TPSA) is 91.8 Å². The number of fused-ring (bicyclic) bond motifs is 1. The maximum Gasteiger partial charge on any atom is 0.319 e. The molecule has 0 spiro atoms. The van der Waals surface area contributed by atoms with Gasteiger partial charge in [0.25, 0.3) is 0 Å². The number of methoxy groups -OCH3 is 3. The number of carbonyl (C=O) groups is 1. The summed E-state index contributed by atoms with van der Waals surface area (Å²) in [5, 5.41) is 3.49. The molecule has 0 radical (unpaired) electrons. The lowest BCUT2D eigenvalue weighted by molar-refractivity contribution is -0.141. The van der Waals surface area contributed by atoms with Gasteiger partial charge in [0.1, 0.15) is 5.75 Å². The Morgan fingerprint density at radius 1 is 1.15 bits per heavy atom. The summed E-state index contributed by atoms with van der Waals surface area (Å²) in [6.07, 6.45) is 2.06. The van der Waals surface area contributed by atoms with Crippen LogP contribution in [0.15, 0.2) is 36.5 Å². The second-order valence-corrected chi connectivity index (χ2v) is 8.22. The fourth-order valence-corrected chi connectivity index (χ4v) is 4.31. The Morgan fingerprint density at radius 2 is 1.97 bits per heavy atom. The molecule has 0 saturated heterocycles. The van der Waals surface area contributed by atoms with E-state index >= 15 is 0 Å². The van der Waals surface area contributed by atoms with E-state index in [1.807, 2.05) is 18.2 Å². The summed E-state index contributed by atoms with van der Waals surface area (Å²) < 4.78 is 21.3. The highest BCUT2D eigenvalue weighted by Gasteiger charge is 2.27. The number of ether oxygens (including phenoxy) is 4. The van der Waals surface area contributed by atoms with Gasteiger partial charge in [-0.3, -0.25) is 4.79 Å². The number of esters is 1. The maximum absolute atomic E-state index is 11.7. The van der Waals surface area contributed by atoms with E-state index in [0.29, 0.717) is 25.5 Å². The van der Waals surface area contributed by atoms with Gasteiger partial charge in [-0.05, 0) is 42.2 Å². The summed E-state index contributed by atoms with van der Waals surface area (Å²) in [4.78, 5) is 20.3. The third-order valence-electron chi connectivity index (χ3n) is 6.18. The fraction of sp³-hybridized carbons (Fsp3) is 0.346. The van der Waals surface area contributed by atoms with Crippen molar-refractivity contribution in [3.8, 4) is 28.8 Å². The molecule has 0 amide bonds. The molecule has 34 heavy (non-hydrogen) atoms. The summed E-state index contributed by atoms with van der Waals surface area (Å²) in [5.74, 6) is 1.08. The highest BCUT2D eigenvalue weighted by molar-refractivity contribution is 5.75. The number of nitrogens with zero attached hydrogens (tertiary/aromatic N) is 2. The van der Waals surface area contributed by atoms with Gasteiger partial charge in [-0.25, -0.2) is 4.98 Å². The number of carbonyl (C=O) groups excluding carboxylic acids is 1. The lowest BCUT2D eigenvalue weighted by Gasteiger charge is -2.17. The molecular formula is C26H29N3O5. The molecule has 1 aliphatic rings. The predicted molar refractivity (Wildman–Crippen MR) is 129 cm³/mol. The van der Waals surface area contributed by atoms with Crippen LogP contribution in [0.5, 0.6) is 17.6 Å². The van der Waals surface area contributed by atoms with Gasteiger partial charge in [-0.2, -0.15) is 4.98 Å². The molecule has 8 nitrogen and oxygen atoms in total. The lowest BCUT2D eigenvalue weighted by Crippen LogP contribution is -2.09. The summed E-state index contributed by atoms with van der Waals surface area (Å²) in [6, 6.07) is 10.5. The number of aromatic nitrogens is 2. The van der Waals surface area contributed by atoms with Crippen molar-refractivity contribution in [1.82, 2.24) is 9.97 Å². The van der Waals surface area contributed by atoms with E-state index < -0.39 is 0 Å². The Labute approximate surface area is 199 Å². The zero-order valence-electron chi connectivity index (χ0n) is 20.1. The van der Waals surface area contributed by atoms with Crippen LogP contribution in [0, 0.1) is 13.8 Å². The van der Waals surface area contributed by atoms with Gasteiger partial charge in [0.05, 0.1) is 39.9 Å². The molecule has 2 aromatic carbocycles. The predicted octanol–water partition coefficient (Wildman–Crippen LogP) is 4.43. The van der Waals surface area contributed by atoms with Gasteiger partial charge in [0.15, 0.2) is 0 Å². The van der Waals surface area contributed by atoms with Crippen LogP contribution in [0.2, 0.25) is 0 Å². The van der Waals surface area contributed by atoms with Crippen molar-refractivity contribution in [2.24, 2.45) is 0 Å². The number of nitrogens with one attached hydrogen (secondary N) is 1. The quantitative estimate of drug-likeness (QED) is 0.491. The standard InChI is InChI=1S/C26H29N3O5/c1-15-6-7-17(16(2)24(15)21-13-28-26(33-5)29-25(21)32-4)12-27-19-8-9-20-18(10-23(30)31-3)14-34-22(20)11-19/h6-9,11,13,18,27H,10,12,14H2,1-5H3. The Kier molecular flexibility index (Phi) is 6.86. The molecule has 0 bridgehead atoms. The minimum atomic E-state index is -0.229. The Bertz CT molecular complexity index is 1210. The molecule has 1 aliphatic heterocycles. The average Bonchev–Trinajstić information content (AvgIpc) is 3.25. The summed E-state index contributed by atoms with van der Waals surface area (Å²) in [6.45, 7) is 5.26. The first-order valence-electron chi connectivity index (χ1n) is 11.1. The zero-order chi connectivity index (χ0) is 24.2. The van der Waals surface area contributed by atoms with E-state index in [2.05, 4.69) is 41.3 Å². The SMILES string of the molecule is COC(=O)CC1COc2cc(NCc3ccc(C)c(-c4cnc(OC)nc4OC)c3C)ccc21. The molecule has 3 aromatic rings. The van der Waals surface area contributed by atoms with Crippen LogP contribution in [-0.2, 0) is 16.1 Å².